The zero-order valence-corrected chi connectivity index (χ0v) is 15.2. The zero-order chi connectivity index (χ0) is 17.1. The van der Waals surface area contributed by atoms with Crippen LogP contribution in [0.4, 0.5) is 5.69 Å². The minimum absolute atomic E-state index is 0.0313. The highest BCUT2D eigenvalue weighted by Gasteiger charge is 2.27. The van der Waals surface area contributed by atoms with Gasteiger partial charge in [0.2, 0.25) is 5.91 Å². The van der Waals surface area contributed by atoms with Crippen LogP contribution in [0.1, 0.15) is 31.2 Å². The third-order valence-electron chi connectivity index (χ3n) is 4.88. The Labute approximate surface area is 153 Å². The van der Waals surface area contributed by atoms with Crippen molar-refractivity contribution in [1.82, 2.24) is 9.80 Å². The number of rotatable bonds is 5. The third-order valence-corrected chi connectivity index (χ3v) is 5.83. The lowest BCUT2D eigenvalue weighted by Gasteiger charge is -2.26. The van der Waals surface area contributed by atoms with Crippen molar-refractivity contribution in [3.63, 3.8) is 0 Å². The van der Waals surface area contributed by atoms with E-state index >= 15 is 0 Å². The average molecular weight is 356 g/mol. The highest BCUT2D eigenvalue weighted by atomic mass is 32.2. The molecule has 3 heterocycles. The van der Waals surface area contributed by atoms with Crippen LogP contribution in [0.3, 0.4) is 0 Å². The van der Waals surface area contributed by atoms with Gasteiger partial charge in [0.1, 0.15) is 0 Å². The minimum atomic E-state index is 0.0313. The van der Waals surface area contributed by atoms with Crippen molar-refractivity contribution in [2.45, 2.75) is 32.2 Å². The molecule has 0 aromatic heterocycles. The Morgan fingerprint density at radius 3 is 2.72 bits per heavy atom. The molecule has 3 aliphatic rings. The standard InChI is InChI=1S/C19H24N4OS/c24-18(12-17-14-25-19-20-8-11-23(17)19)21-16-6-4-15(5-7-16)13-22-9-2-1-3-10-22/h4-7,14H,1-3,8-13H2,(H,21,24). The number of likely N-dealkylation sites (tertiary alicyclic amines) is 1. The molecule has 0 spiro atoms. The summed E-state index contributed by atoms with van der Waals surface area (Å²) in [5.74, 6) is 0.0313. The fourth-order valence-corrected chi connectivity index (χ4v) is 4.51. The minimum Gasteiger partial charge on any atom is -0.326 e. The van der Waals surface area contributed by atoms with Crippen molar-refractivity contribution in [2.24, 2.45) is 4.99 Å². The number of amidine groups is 1. The van der Waals surface area contributed by atoms with Crippen LogP contribution in [-0.4, -0.2) is 47.1 Å². The van der Waals surface area contributed by atoms with E-state index in [1.807, 2.05) is 17.5 Å². The molecule has 0 unspecified atom stereocenters. The Balaban J connectivity index is 1.29. The molecule has 25 heavy (non-hydrogen) atoms. The van der Waals surface area contributed by atoms with Gasteiger partial charge in [-0.25, -0.2) is 0 Å². The monoisotopic (exact) mass is 356 g/mol. The molecule has 1 saturated heterocycles. The first-order valence-electron chi connectivity index (χ1n) is 9.07. The SMILES string of the molecule is O=C(CC1=CSC2=NCCN12)Nc1ccc(CN2CCCCC2)cc1. The Bertz CT molecular complexity index is 692. The number of amides is 1. The van der Waals surface area contributed by atoms with Gasteiger partial charge in [0.25, 0.3) is 0 Å². The second kappa shape index (κ2) is 7.62. The van der Waals surface area contributed by atoms with Crippen LogP contribution in [-0.2, 0) is 11.3 Å². The molecule has 0 atom stereocenters. The van der Waals surface area contributed by atoms with Crippen molar-refractivity contribution >= 4 is 28.5 Å². The number of carbonyl (C=O) groups excluding carboxylic acids is 1. The highest BCUT2D eigenvalue weighted by molar-refractivity contribution is 8.16. The van der Waals surface area contributed by atoms with E-state index in [1.54, 1.807) is 11.8 Å². The molecule has 4 rings (SSSR count). The average Bonchev–Trinajstić information content (AvgIpc) is 3.23. The number of nitrogens with zero attached hydrogens (tertiary/aromatic N) is 3. The van der Waals surface area contributed by atoms with E-state index in [2.05, 4.69) is 32.2 Å². The number of benzene rings is 1. The first-order valence-corrected chi connectivity index (χ1v) is 9.95. The van der Waals surface area contributed by atoms with E-state index < -0.39 is 0 Å². The molecule has 1 amide bonds. The van der Waals surface area contributed by atoms with Crippen molar-refractivity contribution in [2.75, 3.05) is 31.5 Å². The van der Waals surface area contributed by atoms with E-state index in [0.717, 1.165) is 36.2 Å². The fraction of sp³-hybridized carbons (Fsp3) is 0.474. The maximum atomic E-state index is 12.3. The van der Waals surface area contributed by atoms with E-state index in [4.69, 9.17) is 0 Å². The van der Waals surface area contributed by atoms with Crippen LogP contribution >= 0.6 is 11.8 Å². The van der Waals surface area contributed by atoms with Gasteiger partial charge in [0.15, 0.2) is 5.17 Å². The van der Waals surface area contributed by atoms with E-state index in [0.29, 0.717) is 6.42 Å². The molecule has 0 radical (unpaired) electrons. The number of anilines is 1. The second-order valence-corrected chi connectivity index (χ2v) is 7.64. The third kappa shape index (κ3) is 4.07. The molecule has 1 aromatic rings. The Morgan fingerprint density at radius 2 is 1.92 bits per heavy atom. The molecule has 132 valence electrons. The predicted molar refractivity (Wildman–Crippen MR) is 103 cm³/mol. The summed E-state index contributed by atoms with van der Waals surface area (Å²) < 4.78 is 0. The summed E-state index contributed by atoms with van der Waals surface area (Å²) >= 11 is 1.62. The lowest BCUT2D eigenvalue weighted by molar-refractivity contribution is -0.115. The Kier molecular flexibility index (Phi) is 5.08. The topological polar surface area (TPSA) is 47.9 Å². The molecule has 1 fully saturated rings. The summed E-state index contributed by atoms with van der Waals surface area (Å²) in [6.45, 7) is 5.14. The number of aliphatic imine (C=N–C) groups is 1. The first-order chi connectivity index (χ1) is 12.3. The molecule has 1 N–H and O–H groups in total. The van der Waals surface area contributed by atoms with Gasteiger partial charge in [-0.05, 0) is 49.0 Å². The largest absolute Gasteiger partial charge is 0.326 e. The summed E-state index contributed by atoms with van der Waals surface area (Å²) in [5.41, 5.74) is 3.24. The summed E-state index contributed by atoms with van der Waals surface area (Å²) in [6, 6.07) is 8.27. The van der Waals surface area contributed by atoms with Gasteiger partial charge >= 0.3 is 0 Å². The number of hydrogen-bond donors (Lipinski definition) is 1. The number of hydrogen-bond acceptors (Lipinski definition) is 5. The van der Waals surface area contributed by atoms with Crippen LogP contribution < -0.4 is 5.32 Å². The molecule has 3 aliphatic heterocycles. The van der Waals surface area contributed by atoms with Gasteiger partial charge in [0, 0.05) is 24.5 Å². The van der Waals surface area contributed by atoms with Crippen LogP contribution in [0.2, 0.25) is 0 Å². The van der Waals surface area contributed by atoms with Crippen LogP contribution in [0.15, 0.2) is 40.4 Å². The Hall–Kier alpha value is -1.79. The van der Waals surface area contributed by atoms with E-state index in [1.165, 1.54) is 37.9 Å². The van der Waals surface area contributed by atoms with Crippen LogP contribution in [0.25, 0.3) is 0 Å². The molecular formula is C19H24N4OS. The van der Waals surface area contributed by atoms with E-state index in [-0.39, 0.29) is 5.91 Å². The molecule has 6 heteroatoms. The maximum absolute atomic E-state index is 12.3. The fourth-order valence-electron chi connectivity index (χ4n) is 3.55. The van der Waals surface area contributed by atoms with Crippen LogP contribution in [0, 0.1) is 0 Å². The lowest BCUT2D eigenvalue weighted by Crippen LogP contribution is -2.29. The van der Waals surface area contributed by atoms with Gasteiger partial charge in [-0.3, -0.25) is 14.7 Å². The van der Waals surface area contributed by atoms with Crippen molar-refractivity contribution in [3.05, 3.63) is 40.9 Å². The zero-order valence-electron chi connectivity index (χ0n) is 14.4. The van der Waals surface area contributed by atoms with Crippen LogP contribution in [0.5, 0.6) is 0 Å². The number of carbonyl (C=O) groups is 1. The molecular weight excluding hydrogens is 332 g/mol. The van der Waals surface area contributed by atoms with Gasteiger partial charge in [-0.2, -0.15) is 0 Å². The van der Waals surface area contributed by atoms with Crippen molar-refractivity contribution < 1.29 is 4.79 Å². The summed E-state index contributed by atoms with van der Waals surface area (Å²) in [7, 11) is 0. The quantitative estimate of drug-likeness (QED) is 0.880. The van der Waals surface area contributed by atoms with Gasteiger partial charge in [0.05, 0.1) is 13.0 Å². The normalized spacial score (nSPS) is 20.2. The lowest BCUT2D eigenvalue weighted by atomic mass is 10.1. The summed E-state index contributed by atoms with van der Waals surface area (Å²) in [4.78, 5) is 21.4. The smallest absolute Gasteiger partial charge is 0.230 e. The van der Waals surface area contributed by atoms with Crippen molar-refractivity contribution in [1.29, 1.82) is 0 Å². The van der Waals surface area contributed by atoms with Crippen molar-refractivity contribution in [3.8, 4) is 0 Å². The molecule has 5 nitrogen and oxygen atoms in total. The second-order valence-electron chi connectivity index (χ2n) is 6.80. The van der Waals surface area contributed by atoms with Gasteiger partial charge < -0.3 is 10.2 Å². The summed E-state index contributed by atoms with van der Waals surface area (Å²) in [5, 5.41) is 6.08. The predicted octanol–water partition coefficient (Wildman–Crippen LogP) is 3.26. The summed E-state index contributed by atoms with van der Waals surface area (Å²) in [6.07, 6.45) is 4.39. The van der Waals surface area contributed by atoms with E-state index in [9.17, 15) is 4.79 Å². The number of fused-ring (bicyclic) bond motifs is 1. The molecule has 1 aromatic carbocycles. The number of piperidine rings is 1. The number of thioether (sulfide) groups is 1. The molecule has 0 bridgehead atoms. The van der Waals surface area contributed by atoms with Gasteiger partial charge in [-0.1, -0.05) is 30.3 Å². The Morgan fingerprint density at radius 1 is 1.12 bits per heavy atom. The first kappa shape index (κ1) is 16.7. The molecule has 0 aliphatic carbocycles. The molecule has 0 saturated carbocycles. The maximum Gasteiger partial charge on any atom is 0.230 e. The highest BCUT2D eigenvalue weighted by Crippen LogP contribution is 2.31. The number of nitrogens with one attached hydrogen (secondary N) is 1. The van der Waals surface area contributed by atoms with Gasteiger partial charge in [-0.15, -0.1) is 0 Å².